The highest BCUT2D eigenvalue weighted by atomic mass is 16.5. The number of ether oxygens (including phenoxy) is 4. The molecule has 0 aromatic heterocycles. The Morgan fingerprint density at radius 3 is 1.99 bits per heavy atom. The molecular weight excluding hydrogens is 1020 g/mol. The molecule has 1 saturated heterocycles. The van der Waals surface area contributed by atoms with Crippen molar-refractivity contribution in [3.05, 3.63) is 167 Å². The van der Waals surface area contributed by atoms with Crippen molar-refractivity contribution in [3.63, 3.8) is 0 Å². The second-order valence-electron chi connectivity index (χ2n) is 21.6. The van der Waals surface area contributed by atoms with Crippen LogP contribution in [0.1, 0.15) is 109 Å². The van der Waals surface area contributed by atoms with Crippen molar-refractivity contribution < 1.29 is 48.0 Å². The summed E-state index contributed by atoms with van der Waals surface area (Å²) in [5.41, 5.74) is 6.58. The van der Waals surface area contributed by atoms with Crippen molar-refractivity contribution in [1.29, 1.82) is 0 Å². The zero-order valence-electron chi connectivity index (χ0n) is 47.3. The lowest BCUT2D eigenvalue weighted by atomic mass is 9.69. The molecule has 2 aliphatic carbocycles. The topological polar surface area (TPSA) is 197 Å². The van der Waals surface area contributed by atoms with Gasteiger partial charge < -0.3 is 55.1 Å². The fourth-order valence-corrected chi connectivity index (χ4v) is 11.7. The van der Waals surface area contributed by atoms with Gasteiger partial charge in [0, 0.05) is 32.0 Å². The van der Waals surface area contributed by atoms with Gasteiger partial charge in [0.1, 0.15) is 42.8 Å². The lowest BCUT2D eigenvalue weighted by molar-refractivity contribution is -0.143. The minimum absolute atomic E-state index is 0.0309. The van der Waals surface area contributed by atoms with Crippen LogP contribution >= 0.6 is 0 Å². The maximum atomic E-state index is 14.6. The predicted molar refractivity (Wildman–Crippen MR) is 311 cm³/mol. The van der Waals surface area contributed by atoms with E-state index in [2.05, 4.69) is 63.7 Å². The zero-order chi connectivity index (χ0) is 56.9. The van der Waals surface area contributed by atoms with Crippen molar-refractivity contribution >= 4 is 29.5 Å². The summed E-state index contributed by atoms with van der Waals surface area (Å²) in [5, 5.41) is 22.3. The molecule has 6 atom stereocenters. The van der Waals surface area contributed by atoms with Crippen LogP contribution < -0.4 is 26.0 Å². The maximum Gasteiger partial charge on any atom is 0.248 e. The van der Waals surface area contributed by atoms with Crippen LogP contribution in [0.25, 0.3) is 0 Å². The number of phenolic OH excluding ortho intramolecular Hbond substituents is 1. The predicted octanol–water partition coefficient (Wildman–Crippen LogP) is 7.24. The molecule has 5 aromatic carbocycles. The monoisotopic (exact) mass is 1110 g/mol. The van der Waals surface area contributed by atoms with Crippen LogP contribution in [0.4, 0.5) is 0 Å². The number of hydrogen-bond acceptors (Lipinski definition) is 11. The molecule has 0 bridgehead atoms. The molecule has 432 valence electrons. The van der Waals surface area contributed by atoms with Gasteiger partial charge in [0.25, 0.3) is 0 Å². The maximum absolute atomic E-state index is 14.6. The van der Waals surface area contributed by atoms with Crippen LogP contribution in [-0.4, -0.2) is 149 Å². The molecule has 5 N–H and O–H groups in total. The molecule has 8 rings (SSSR count). The van der Waals surface area contributed by atoms with Crippen molar-refractivity contribution in [2.75, 3.05) is 80.0 Å². The summed E-state index contributed by atoms with van der Waals surface area (Å²) in [6.45, 7) is 4.08. The third-order valence-corrected chi connectivity index (χ3v) is 16.3. The largest absolute Gasteiger partial charge is 0.508 e. The summed E-state index contributed by atoms with van der Waals surface area (Å²) >= 11 is 0. The molecule has 2 fully saturated rings. The van der Waals surface area contributed by atoms with Gasteiger partial charge in [0.2, 0.25) is 29.5 Å². The zero-order valence-corrected chi connectivity index (χ0v) is 47.3. The molecule has 16 heteroatoms. The Labute approximate surface area is 477 Å². The van der Waals surface area contributed by atoms with Gasteiger partial charge in [-0.1, -0.05) is 128 Å². The molecule has 5 amide bonds. The van der Waals surface area contributed by atoms with Gasteiger partial charge in [-0.05, 0) is 122 Å². The van der Waals surface area contributed by atoms with Gasteiger partial charge in [0.05, 0.1) is 45.6 Å². The molecule has 1 heterocycles. The third-order valence-electron chi connectivity index (χ3n) is 16.3. The first-order valence-electron chi connectivity index (χ1n) is 29.0. The van der Waals surface area contributed by atoms with E-state index in [1.54, 1.807) is 36.9 Å². The van der Waals surface area contributed by atoms with Crippen LogP contribution in [0.15, 0.2) is 133 Å². The first kappa shape index (κ1) is 60.0. The number of likely N-dealkylation sites (N-methyl/N-ethyl adjacent to an activating group) is 2. The number of hydrogen-bond donors (Lipinski definition) is 5. The minimum Gasteiger partial charge on any atom is -0.508 e. The van der Waals surface area contributed by atoms with Crippen LogP contribution in [0, 0.1) is 5.92 Å². The third kappa shape index (κ3) is 16.5. The normalized spacial score (nSPS) is 18.3. The van der Waals surface area contributed by atoms with E-state index in [4.69, 9.17) is 18.9 Å². The van der Waals surface area contributed by atoms with E-state index in [0.717, 1.165) is 61.8 Å². The van der Waals surface area contributed by atoms with Crippen molar-refractivity contribution in [3.8, 4) is 11.5 Å². The minimum atomic E-state index is -1.05. The summed E-state index contributed by atoms with van der Waals surface area (Å²) < 4.78 is 23.2. The van der Waals surface area contributed by atoms with Crippen molar-refractivity contribution in [1.82, 2.24) is 31.1 Å². The number of likely N-dealkylation sites (tertiary alicyclic amines) is 1. The summed E-state index contributed by atoms with van der Waals surface area (Å²) in [6, 6.07) is 40.6. The number of amides is 5. The van der Waals surface area contributed by atoms with E-state index in [9.17, 15) is 29.1 Å². The number of aryl methyl sites for hydroxylation is 1. The fourth-order valence-electron chi connectivity index (χ4n) is 11.7. The first-order chi connectivity index (χ1) is 39.5. The van der Waals surface area contributed by atoms with Gasteiger partial charge >= 0.3 is 0 Å². The SMILES string of the molecule is CNC(C)C(=O)NC(C(=O)N1CCCC1C(=O)NC(C(=O)NCCOCCOCCOCC(=O)N(C)CCOc1ccc(C2c3ccc(O)cc3CCC2c2ccccc2)cc1)C(c1ccccc1)c1ccccc1)C1CCCCC1. The van der Waals surface area contributed by atoms with Crippen LogP contribution in [0.3, 0.4) is 0 Å². The summed E-state index contributed by atoms with van der Waals surface area (Å²) in [6.07, 6.45) is 7.62. The Bertz CT molecular complexity index is 2740. The van der Waals surface area contributed by atoms with Gasteiger partial charge in [0.15, 0.2) is 0 Å². The molecule has 5 aromatic rings. The molecule has 3 aliphatic rings. The number of nitrogens with one attached hydrogen (secondary N) is 4. The number of rotatable bonds is 28. The lowest BCUT2D eigenvalue weighted by Crippen LogP contribution is -2.59. The average molecular weight is 1110 g/mol. The van der Waals surface area contributed by atoms with Crippen LogP contribution in [0.2, 0.25) is 0 Å². The Morgan fingerprint density at radius 1 is 0.679 bits per heavy atom. The fraction of sp³-hybridized carbons (Fsp3) is 0.462. The number of benzene rings is 5. The quantitative estimate of drug-likeness (QED) is 0.0317. The van der Waals surface area contributed by atoms with Crippen molar-refractivity contribution in [2.45, 2.75) is 107 Å². The number of carbonyl (C=O) groups excluding carboxylic acids is 5. The molecule has 81 heavy (non-hydrogen) atoms. The number of carbonyl (C=O) groups is 5. The number of fused-ring (bicyclic) bond motifs is 1. The second kappa shape index (κ2) is 30.6. The Hall–Kier alpha value is -7.11. The second-order valence-corrected chi connectivity index (χ2v) is 21.6. The van der Waals surface area contributed by atoms with Gasteiger partial charge in [-0.25, -0.2) is 0 Å². The molecule has 0 radical (unpaired) electrons. The van der Waals surface area contributed by atoms with Crippen LogP contribution in [-0.2, 0) is 44.6 Å². The standard InChI is InChI=1S/C65H82N6O10/c1-45(66-2)62(74)68-60(50-23-14-7-15-24-50)65(77)71-35-16-25-56(71)63(75)69-61(58(47-19-10-5-11-20-47)48-21-12-6-13-22-48)64(76)67-34-37-78-39-40-79-41-42-80-44-57(73)70(3)36-38-81-53-30-26-49(27-31-53)59-54(46-17-8-4-9-18-46)32-28-51-43-52(72)29-33-55(51)59/h4-6,8-13,17-22,26-27,29-31,33,43,45,50,54,56,58-61,66,72H,7,14-16,23-25,28,32,34-42,44H2,1-3H3,(H,67,76)(H,68,74)(H,69,75). The Balaban J connectivity index is 0.758. The van der Waals surface area contributed by atoms with E-state index >= 15 is 0 Å². The molecule has 16 nitrogen and oxygen atoms in total. The van der Waals surface area contributed by atoms with E-state index in [0.29, 0.717) is 44.2 Å². The average Bonchev–Trinajstić information content (AvgIpc) is 4.08. The molecule has 0 spiro atoms. The van der Waals surface area contributed by atoms with E-state index in [1.807, 2.05) is 84.9 Å². The number of phenols is 1. The first-order valence-corrected chi connectivity index (χ1v) is 29.0. The van der Waals surface area contributed by atoms with Crippen LogP contribution in [0.5, 0.6) is 11.5 Å². The van der Waals surface area contributed by atoms with E-state index in [-0.39, 0.29) is 75.7 Å². The molecule has 1 aliphatic heterocycles. The number of nitrogens with zero attached hydrogens (tertiary/aromatic N) is 2. The summed E-state index contributed by atoms with van der Waals surface area (Å²) in [5.74, 6) is -0.649. The lowest BCUT2D eigenvalue weighted by Gasteiger charge is -2.36. The molecule has 1 saturated carbocycles. The smallest absolute Gasteiger partial charge is 0.248 e. The summed E-state index contributed by atoms with van der Waals surface area (Å²) in [7, 11) is 3.42. The van der Waals surface area contributed by atoms with Gasteiger partial charge in [-0.3, -0.25) is 24.0 Å². The highest BCUT2D eigenvalue weighted by Gasteiger charge is 2.43. The van der Waals surface area contributed by atoms with Gasteiger partial charge in [-0.2, -0.15) is 0 Å². The Morgan fingerprint density at radius 2 is 1.32 bits per heavy atom. The van der Waals surface area contributed by atoms with Crippen molar-refractivity contribution in [2.24, 2.45) is 5.92 Å². The summed E-state index contributed by atoms with van der Waals surface area (Å²) in [4.78, 5) is 72.7. The Kier molecular flexibility index (Phi) is 22.7. The molecule has 6 unspecified atom stereocenters. The van der Waals surface area contributed by atoms with E-state index in [1.165, 1.54) is 22.3 Å². The number of aromatic hydroxyl groups is 1. The van der Waals surface area contributed by atoms with Gasteiger partial charge in [-0.15, -0.1) is 0 Å². The van der Waals surface area contributed by atoms with E-state index < -0.39 is 41.9 Å². The molecular formula is C65H82N6O10. The highest BCUT2D eigenvalue weighted by Crippen LogP contribution is 2.47. The highest BCUT2D eigenvalue weighted by molar-refractivity contribution is 5.96.